The van der Waals surface area contributed by atoms with Crippen LogP contribution in [0.1, 0.15) is 32.5 Å². The highest BCUT2D eigenvalue weighted by molar-refractivity contribution is 7.12. The SMILES string of the molecule is CCc1ccsc1C(=O)Nc1cc(F)ccc1C(=O)O. The highest BCUT2D eigenvalue weighted by Gasteiger charge is 2.17. The average Bonchev–Trinajstić information content (AvgIpc) is 2.86. The van der Waals surface area contributed by atoms with E-state index >= 15 is 0 Å². The number of anilines is 1. The Labute approximate surface area is 118 Å². The van der Waals surface area contributed by atoms with Gasteiger partial charge in [0.25, 0.3) is 5.91 Å². The topological polar surface area (TPSA) is 66.4 Å². The summed E-state index contributed by atoms with van der Waals surface area (Å²) in [6.45, 7) is 1.92. The minimum absolute atomic E-state index is 0.0436. The van der Waals surface area contributed by atoms with Crippen LogP contribution in [0.2, 0.25) is 0 Å². The van der Waals surface area contributed by atoms with Crippen LogP contribution >= 0.6 is 11.3 Å². The molecule has 6 heteroatoms. The minimum atomic E-state index is -1.22. The summed E-state index contributed by atoms with van der Waals surface area (Å²) < 4.78 is 13.2. The van der Waals surface area contributed by atoms with Crippen LogP contribution in [0.15, 0.2) is 29.6 Å². The fourth-order valence-corrected chi connectivity index (χ4v) is 2.69. The van der Waals surface area contributed by atoms with Gasteiger partial charge < -0.3 is 10.4 Å². The van der Waals surface area contributed by atoms with Crippen molar-refractivity contribution in [1.82, 2.24) is 0 Å². The lowest BCUT2D eigenvalue weighted by atomic mass is 10.1. The van der Waals surface area contributed by atoms with E-state index in [9.17, 15) is 14.0 Å². The number of carbonyl (C=O) groups excluding carboxylic acids is 1. The molecule has 0 aliphatic rings. The third-order valence-electron chi connectivity index (χ3n) is 2.79. The van der Waals surface area contributed by atoms with E-state index in [1.807, 2.05) is 13.0 Å². The molecule has 104 valence electrons. The predicted octanol–water partition coefficient (Wildman–Crippen LogP) is 3.40. The number of benzene rings is 1. The molecule has 0 atom stereocenters. The molecule has 1 amide bonds. The zero-order valence-electron chi connectivity index (χ0n) is 10.6. The first-order valence-electron chi connectivity index (χ1n) is 5.93. The summed E-state index contributed by atoms with van der Waals surface area (Å²) in [5.74, 6) is -2.25. The van der Waals surface area contributed by atoms with Crippen LogP contribution in [-0.4, -0.2) is 17.0 Å². The van der Waals surface area contributed by atoms with Gasteiger partial charge >= 0.3 is 5.97 Å². The molecule has 2 N–H and O–H groups in total. The maximum atomic E-state index is 13.2. The zero-order chi connectivity index (χ0) is 14.7. The van der Waals surface area contributed by atoms with Gasteiger partial charge in [0, 0.05) is 0 Å². The van der Waals surface area contributed by atoms with Gasteiger partial charge in [0.05, 0.1) is 16.1 Å². The number of hydrogen-bond acceptors (Lipinski definition) is 3. The molecule has 0 fully saturated rings. The van der Waals surface area contributed by atoms with Crippen molar-refractivity contribution >= 4 is 28.9 Å². The monoisotopic (exact) mass is 293 g/mol. The molecular formula is C14H12FNO3S. The Balaban J connectivity index is 2.32. The number of carboxylic acids is 1. The van der Waals surface area contributed by atoms with Crippen molar-refractivity contribution in [3.05, 3.63) is 51.5 Å². The Morgan fingerprint density at radius 3 is 2.75 bits per heavy atom. The van der Waals surface area contributed by atoms with E-state index in [-0.39, 0.29) is 11.3 Å². The van der Waals surface area contributed by atoms with Crippen molar-refractivity contribution in [3.8, 4) is 0 Å². The van der Waals surface area contributed by atoms with Gasteiger partial charge in [0.2, 0.25) is 0 Å². The Morgan fingerprint density at radius 2 is 2.10 bits per heavy atom. The normalized spacial score (nSPS) is 10.3. The predicted molar refractivity (Wildman–Crippen MR) is 75.0 cm³/mol. The Morgan fingerprint density at radius 1 is 1.35 bits per heavy atom. The van der Waals surface area contributed by atoms with Crippen LogP contribution in [0, 0.1) is 5.82 Å². The second-order valence-corrected chi connectivity index (χ2v) is 4.99. The van der Waals surface area contributed by atoms with Gasteiger partial charge in [0.15, 0.2) is 0 Å². The quantitative estimate of drug-likeness (QED) is 0.908. The number of thiophene rings is 1. The molecule has 20 heavy (non-hydrogen) atoms. The molecule has 0 spiro atoms. The van der Waals surface area contributed by atoms with E-state index in [1.165, 1.54) is 11.3 Å². The molecule has 1 heterocycles. The highest BCUT2D eigenvalue weighted by Crippen LogP contribution is 2.22. The van der Waals surface area contributed by atoms with Crippen LogP contribution in [-0.2, 0) is 6.42 Å². The summed E-state index contributed by atoms with van der Waals surface area (Å²) in [6.07, 6.45) is 0.696. The second-order valence-electron chi connectivity index (χ2n) is 4.08. The van der Waals surface area contributed by atoms with Crippen molar-refractivity contribution in [2.45, 2.75) is 13.3 Å². The van der Waals surface area contributed by atoms with E-state index < -0.39 is 17.7 Å². The fourth-order valence-electron chi connectivity index (χ4n) is 1.80. The molecule has 2 aromatic rings. The fraction of sp³-hybridized carbons (Fsp3) is 0.143. The number of aryl methyl sites for hydroxylation is 1. The van der Waals surface area contributed by atoms with Crippen molar-refractivity contribution in [2.24, 2.45) is 0 Å². The van der Waals surface area contributed by atoms with Crippen molar-refractivity contribution in [2.75, 3.05) is 5.32 Å². The van der Waals surface area contributed by atoms with Crippen LogP contribution in [0.5, 0.6) is 0 Å². The lowest BCUT2D eigenvalue weighted by Gasteiger charge is -2.08. The number of halogens is 1. The van der Waals surface area contributed by atoms with Gasteiger partial charge in [-0.3, -0.25) is 4.79 Å². The second kappa shape index (κ2) is 5.83. The average molecular weight is 293 g/mol. The number of amides is 1. The zero-order valence-corrected chi connectivity index (χ0v) is 11.5. The van der Waals surface area contributed by atoms with Crippen molar-refractivity contribution in [1.29, 1.82) is 0 Å². The van der Waals surface area contributed by atoms with Crippen molar-refractivity contribution < 1.29 is 19.1 Å². The molecule has 0 saturated heterocycles. The number of rotatable bonds is 4. The smallest absolute Gasteiger partial charge is 0.337 e. The summed E-state index contributed by atoms with van der Waals surface area (Å²) in [6, 6.07) is 5.01. The number of hydrogen-bond donors (Lipinski definition) is 2. The van der Waals surface area contributed by atoms with Gasteiger partial charge in [-0.25, -0.2) is 9.18 Å². The van der Waals surface area contributed by atoms with E-state index in [1.54, 1.807) is 5.38 Å². The molecule has 0 bridgehead atoms. The standard InChI is InChI=1S/C14H12FNO3S/c1-2-8-5-6-20-12(8)13(17)16-11-7-9(15)3-4-10(11)14(18)19/h3-7H,2H2,1H3,(H,16,17)(H,18,19). The first-order chi connectivity index (χ1) is 9.52. The molecule has 1 aromatic carbocycles. The number of nitrogens with one attached hydrogen (secondary N) is 1. The third-order valence-corrected chi connectivity index (χ3v) is 3.75. The molecule has 0 unspecified atom stereocenters. The molecule has 4 nitrogen and oxygen atoms in total. The van der Waals surface area contributed by atoms with Gasteiger partial charge in [-0.15, -0.1) is 11.3 Å². The van der Waals surface area contributed by atoms with Gasteiger partial charge in [-0.2, -0.15) is 0 Å². The summed E-state index contributed by atoms with van der Waals surface area (Å²) in [5.41, 5.74) is 0.688. The molecule has 0 saturated carbocycles. The molecule has 0 radical (unpaired) electrons. The lowest BCUT2D eigenvalue weighted by Crippen LogP contribution is -2.15. The van der Waals surface area contributed by atoms with Gasteiger partial charge in [-0.05, 0) is 41.6 Å². The van der Waals surface area contributed by atoms with Gasteiger partial charge in [0.1, 0.15) is 5.82 Å². The maximum Gasteiger partial charge on any atom is 0.337 e. The molecule has 2 rings (SSSR count). The van der Waals surface area contributed by atoms with E-state index in [0.29, 0.717) is 11.3 Å². The lowest BCUT2D eigenvalue weighted by molar-refractivity contribution is 0.0698. The maximum absolute atomic E-state index is 13.2. The summed E-state index contributed by atoms with van der Waals surface area (Å²) in [7, 11) is 0. The first kappa shape index (κ1) is 14.2. The Hall–Kier alpha value is -2.21. The van der Waals surface area contributed by atoms with Crippen molar-refractivity contribution in [3.63, 3.8) is 0 Å². The Kier molecular flexibility index (Phi) is 4.14. The number of carbonyl (C=O) groups is 2. The van der Waals surface area contributed by atoms with Crippen LogP contribution < -0.4 is 5.32 Å². The minimum Gasteiger partial charge on any atom is -0.478 e. The highest BCUT2D eigenvalue weighted by atomic mass is 32.1. The largest absolute Gasteiger partial charge is 0.478 e. The van der Waals surface area contributed by atoms with Gasteiger partial charge in [-0.1, -0.05) is 6.92 Å². The summed E-state index contributed by atoms with van der Waals surface area (Å²) in [5, 5.41) is 13.3. The molecule has 0 aliphatic carbocycles. The van der Waals surface area contributed by atoms with E-state index in [0.717, 1.165) is 23.8 Å². The van der Waals surface area contributed by atoms with E-state index in [2.05, 4.69) is 5.32 Å². The molecular weight excluding hydrogens is 281 g/mol. The number of aromatic carboxylic acids is 1. The molecule has 0 aliphatic heterocycles. The third kappa shape index (κ3) is 2.85. The number of carboxylic acid groups (broad SMARTS) is 1. The molecule has 1 aromatic heterocycles. The Bertz CT molecular complexity index is 666. The van der Waals surface area contributed by atoms with Crippen LogP contribution in [0.25, 0.3) is 0 Å². The first-order valence-corrected chi connectivity index (χ1v) is 6.81. The van der Waals surface area contributed by atoms with Crippen LogP contribution in [0.4, 0.5) is 10.1 Å². The van der Waals surface area contributed by atoms with Crippen LogP contribution in [0.3, 0.4) is 0 Å². The summed E-state index contributed by atoms with van der Waals surface area (Å²) in [4.78, 5) is 23.7. The summed E-state index contributed by atoms with van der Waals surface area (Å²) >= 11 is 1.27. The van der Waals surface area contributed by atoms with E-state index in [4.69, 9.17) is 5.11 Å².